The van der Waals surface area contributed by atoms with E-state index >= 15 is 0 Å². The molecule has 0 atom stereocenters. The number of amides is 2. The molecule has 0 aromatic heterocycles. The van der Waals surface area contributed by atoms with Crippen LogP contribution in [0.2, 0.25) is 0 Å². The summed E-state index contributed by atoms with van der Waals surface area (Å²) in [7, 11) is 1.71. The highest BCUT2D eigenvalue weighted by molar-refractivity contribution is 5.75. The zero-order valence-corrected chi connectivity index (χ0v) is 12.8. The first kappa shape index (κ1) is 16.1. The first-order chi connectivity index (χ1) is 10.1. The zero-order valence-electron chi connectivity index (χ0n) is 12.8. The smallest absolute Gasteiger partial charge is 0.317 e. The average Bonchev–Trinajstić information content (AvgIpc) is 2.94. The fourth-order valence-corrected chi connectivity index (χ4v) is 3.51. The van der Waals surface area contributed by atoms with Gasteiger partial charge in [0.05, 0.1) is 12.5 Å². The standard InChI is InChI=1S/C15H26N2O4/c1-21-11-15(6-2-3-7-15)10-16-14(20)17-8-4-12(5-9-17)13(18)19/h12H,2-11H2,1H3,(H,16,20)(H,18,19). The lowest BCUT2D eigenvalue weighted by Gasteiger charge is -2.33. The highest BCUT2D eigenvalue weighted by Crippen LogP contribution is 2.37. The van der Waals surface area contributed by atoms with E-state index in [4.69, 9.17) is 9.84 Å². The first-order valence-corrected chi connectivity index (χ1v) is 7.81. The number of aliphatic carboxylic acids is 1. The highest BCUT2D eigenvalue weighted by atomic mass is 16.5. The number of likely N-dealkylation sites (tertiary alicyclic amines) is 1. The summed E-state index contributed by atoms with van der Waals surface area (Å²) in [5, 5.41) is 12.0. The Labute approximate surface area is 125 Å². The number of rotatable bonds is 5. The number of nitrogens with zero attached hydrogens (tertiary/aromatic N) is 1. The quantitative estimate of drug-likeness (QED) is 0.809. The van der Waals surface area contributed by atoms with Crippen molar-refractivity contribution in [1.82, 2.24) is 10.2 Å². The van der Waals surface area contributed by atoms with Crippen molar-refractivity contribution in [2.45, 2.75) is 38.5 Å². The van der Waals surface area contributed by atoms with Crippen LogP contribution < -0.4 is 5.32 Å². The van der Waals surface area contributed by atoms with Gasteiger partial charge < -0.3 is 20.1 Å². The maximum absolute atomic E-state index is 12.2. The van der Waals surface area contributed by atoms with Crippen LogP contribution >= 0.6 is 0 Å². The second-order valence-corrected chi connectivity index (χ2v) is 6.40. The van der Waals surface area contributed by atoms with Crippen molar-refractivity contribution >= 4 is 12.0 Å². The number of piperidine rings is 1. The van der Waals surface area contributed by atoms with E-state index in [1.54, 1.807) is 12.0 Å². The number of carbonyl (C=O) groups is 2. The lowest BCUT2D eigenvalue weighted by molar-refractivity contribution is -0.143. The number of urea groups is 1. The Balaban J connectivity index is 1.78. The van der Waals surface area contributed by atoms with E-state index in [-0.39, 0.29) is 17.4 Å². The fraction of sp³-hybridized carbons (Fsp3) is 0.867. The number of hydrogen-bond acceptors (Lipinski definition) is 3. The van der Waals surface area contributed by atoms with Crippen LogP contribution in [0.1, 0.15) is 38.5 Å². The lowest BCUT2D eigenvalue weighted by Crippen LogP contribution is -2.48. The van der Waals surface area contributed by atoms with E-state index in [0.29, 0.717) is 39.1 Å². The number of carbonyl (C=O) groups excluding carboxylic acids is 1. The van der Waals surface area contributed by atoms with Crippen LogP contribution in [0.5, 0.6) is 0 Å². The summed E-state index contributed by atoms with van der Waals surface area (Å²) in [4.78, 5) is 24.8. The summed E-state index contributed by atoms with van der Waals surface area (Å²) < 4.78 is 5.32. The van der Waals surface area contributed by atoms with E-state index in [0.717, 1.165) is 12.8 Å². The molecule has 6 nitrogen and oxygen atoms in total. The molecule has 0 spiro atoms. The van der Waals surface area contributed by atoms with Crippen LogP contribution in [-0.2, 0) is 9.53 Å². The van der Waals surface area contributed by atoms with Crippen LogP contribution in [0.15, 0.2) is 0 Å². The summed E-state index contributed by atoms with van der Waals surface area (Å²) in [5.41, 5.74) is 0.0871. The lowest BCUT2D eigenvalue weighted by atomic mass is 9.87. The number of carboxylic acids is 1. The fourth-order valence-electron chi connectivity index (χ4n) is 3.51. The molecule has 2 N–H and O–H groups in total. The summed E-state index contributed by atoms with van der Waals surface area (Å²) in [5.74, 6) is -1.05. The summed E-state index contributed by atoms with van der Waals surface area (Å²) >= 11 is 0. The molecule has 2 rings (SSSR count). The minimum atomic E-state index is -0.750. The van der Waals surface area contributed by atoms with Gasteiger partial charge in [0.2, 0.25) is 0 Å². The van der Waals surface area contributed by atoms with Crippen molar-refractivity contribution in [2.24, 2.45) is 11.3 Å². The Hall–Kier alpha value is -1.30. The molecule has 0 aromatic carbocycles. The Morgan fingerprint density at radius 1 is 1.29 bits per heavy atom. The number of hydrogen-bond donors (Lipinski definition) is 2. The van der Waals surface area contributed by atoms with Gasteiger partial charge in [0.15, 0.2) is 0 Å². The van der Waals surface area contributed by atoms with Crippen molar-refractivity contribution in [3.8, 4) is 0 Å². The number of ether oxygens (including phenoxy) is 1. The van der Waals surface area contributed by atoms with Gasteiger partial charge in [-0.2, -0.15) is 0 Å². The third-order valence-corrected chi connectivity index (χ3v) is 4.86. The van der Waals surface area contributed by atoms with E-state index in [1.165, 1.54) is 12.8 Å². The minimum absolute atomic E-state index is 0.0683. The van der Waals surface area contributed by atoms with Gasteiger partial charge in [-0.1, -0.05) is 12.8 Å². The van der Waals surface area contributed by atoms with Crippen molar-refractivity contribution in [3.63, 3.8) is 0 Å². The Bertz CT molecular complexity index is 372. The Kier molecular flexibility index (Phi) is 5.45. The topological polar surface area (TPSA) is 78.9 Å². The number of carboxylic acid groups (broad SMARTS) is 1. The minimum Gasteiger partial charge on any atom is -0.481 e. The summed E-state index contributed by atoms with van der Waals surface area (Å²) in [6.45, 7) is 2.40. The van der Waals surface area contributed by atoms with Crippen LogP contribution in [0, 0.1) is 11.3 Å². The normalized spacial score (nSPS) is 22.2. The number of nitrogens with one attached hydrogen (secondary N) is 1. The largest absolute Gasteiger partial charge is 0.481 e. The van der Waals surface area contributed by atoms with Gasteiger partial charge in [-0.25, -0.2) is 4.79 Å². The third-order valence-electron chi connectivity index (χ3n) is 4.86. The van der Waals surface area contributed by atoms with Gasteiger partial charge in [0, 0.05) is 32.2 Å². The molecule has 2 aliphatic rings. The van der Waals surface area contributed by atoms with Crippen LogP contribution in [0.3, 0.4) is 0 Å². The van der Waals surface area contributed by atoms with Crippen molar-refractivity contribution in [3.05, 3.63) is 0 Å². The second-order valence-electron chi connectivity index (χ2n) is 6.40. The molecule has 0 radical (unpaired) electrons. The zero-order chi connectivity index (χ0) is 15.3. The summed E-state index contributed by atoms with van der Waals surface area (Å²) in [6, 6.07) is -0.0683. The van der Waals surface area contributed by atoms with Gasteiger partial charge in [0.25, 0.3) is 0 Å². The monoisotopic (exact) mass is 298 g/mol. The Morgan fingerprint density at radius 3 is 2.43 bits per heavy atom. The highest BCUT2D eigenvalue weighted by Gasteiger charge is 2.35. The molecule has 120 valence electrons. The van der Waals surface area contributed by atoms with Crippen LogP contribution in [-0.4, -0.2) is 55.4 Å². The molecule has 0 unspecified atom stereocenters. The molecule has 6 heteroatoms. The van der Waals surface area contributed by atoms with Gasteiger partial charge in [-0.15, -0.1) is 0 Å². The maximum atomic E-state index is 12.2. The van der Waals surface area contributed by atoms with Crippen molar-refractivity contribution in [2.75, 3.05) is 33.4 Å². The third kappa shape index (κ3) is 4.09. The van der Waals surface area contributed by atoms with Crippen molar-refractivity contribution in [1.29, 1.82) is 0 Å². The molecular formula is C15H26N2O4. The molecule has 1 aliphatic heterocycles. The van der Waals surface area contributed by atoms with E-state index in [9.17, 15) is 9.59 Å². The molecule has 1 saturated heterocycles. The molecular weight excluding hydrogens is 272 g/mol. The van der Waals surface area contributed by atoms with Gasteiger partial charge in [-0.05, 0) is 25.7 Å². The molecule has 1 aliphatic carbocycles. The second kappa shape index (κ2) is 7.11. The molecule has 21 heavy (non-hydrogen) atoms. The average molecular weight is 298 g/mol. The maximum Gasteiger partial charge on any atom is 0.317 e. The van der Waals surface area contributed by atoms with Crippen LogP contribution in [0.4, 0.5) is 4.79 Å². The van der Waals surface area contributed by atoms with E-state index < -0.39 is 5.97 Å². The van der Waals surface area contributed by atoms with Gasteiger partial charge in [-0.3, -0.25) is 4.79 Å². The molecule has 2 fully saturated rings. The summed E-state index contributed by atoms with van der Waals surface area (Å²) in [6.07, 6.45) is 5.69. The van der Waals surface area contributed by atoms with Gasteiger partial charge in [0.1, 0.15) is 0 Å². The first-order valence-electron chi connectivity index (χ1n) is 7.81. The van der Waals surface area contributed by atoms with E-state index in [1.807, 2.05) is 0 Å². The SMILES string of the molecule is COCC1(CNC(=O)N2CCC(C(=O)O)CC2)CCCC1. The molecule has 0 bridgehead atoms. The predicted octanol–water partition coefficient (Wildman–Crippen LogP) is 1.70. The van der Waals surface area contributed by atoms with E-state index in [2.05, 4.69) is 5.32 Å². The molecule has 1 saturated carbocycles. The number of methoxy groups -OCH3 is 1. The molecule has 0 aromatic rings. The van der Waals surface area contributed by atoms with Gasteiger partial charge >= 0.3 is 12.0 Å². The van der Waals surface area contributed by atoms with Crippen LogP contribution in [0.25, 0.3) is 0 Å². The Morgan fingerprint density at radius 2 is 1.90 bits per heavy atom. The molecule has 1 heterocycles. The van der Waals surface area contributed by atoms with Crippen molar-refractivity contribution < 1.29 is 19.4 Å². The molecule has 2 amide bonds. The predicted molar refractivity (Wildman–Crippen MR) is 78.1 cm³/mol.